The van der Waals surface area contributed by atoms with Crippen LogP contribution < -0.4 is 4.74 Å². The van der Waals surface area contributed by atoms with Crippen molar-refractivity contribution in [3.8, 4) is 28.0 Å². The Morgan fingerprint density at radius 1 is 0.702 bits per heavy atom. The molecule has 0 N–H and O–H groups in total. The van der Waals surface area contributed by atoms with Crippen LogP contribution in [0.25, 0.3) is 28.3 Å². The van der Waals surface area contributed by atoms with Crippen LogP contribution in [0.15, 0.2) is 78.9 Å². The maximum absolute atomic E-state index is 15.2. The van der Waals surface area contributed by atoms with Crippen LogP contribution >= 0.6 is 0 Å². The van der Waals surface area contributed by atoms with Crippen LogP contribution in [-0.2, 0) is 6.11 Å². The van der Waals surface area contributed by atoms with E-state index in [-0.39, 0.29) is 17.2 Å². The molecule has 248 valence electrons. The maximum Gasteiger partial charge on any atom is 0.432 e. The zero-order chi connectivity index (χ0) is 33.6. The molecule has 1 nitrogen and oxygen atoms in total. The van der Waals surface area contributed by atoms with E-state index < -0.39 is 34.9 Å². The summed E-state index contributed by atoms with van der Waals surface area (Å²) in [4.78, 5) is 0. The third-order valence-electron chi connectivity index (χ3n) is 9.14. The van der Waals surface area contributed by atoms with Gasteiger partial charge in [0.15, 0.2) is 0 Å². The second kappa shape index (κ2) is 15.3. The summed E-state index contributed by atoms with van der Waals surface area (Å²) in [7, 11) is 0. The highest BCUT2D eigenvalue weighted by atomic mass is 19.3. The van der Waals surface area contributed by atoms with Crippen LogP contribution in [0.2, 0.25) is 0 Å². The summed E-state index contributed by atoms with van der Waals surface area (Å²) in [5.74, 6) is -3.49. The Morgan fingerprint density at radius 2 is 1.34 bits per heavy atom. The lowest BCUT2D eigenvalue weighted by molar-refractivity contribution is -0.189. The van der Waals surface area contributed by atoms with Crippen LogP contribution in [0.3, 0.4) is 0 Å². The van der Waals surface area contributed by atoms with Crippen molar-refractivity contribution in [2.75, 3.05) is 0 Å². The third-order valence-corrected chi connectivity index (χ3v) is 9.14. The first kappa shape index (κ1) is 34.3. The van der Waals surface area contributed by atoms with E-state index in [9.17, 15) is 4.39 Å². The van der Waals surface area contributed by atoms with Gasteiger partial charge in [-0.1, -0.05) is 88.1 Å². The Balaban J connectivity index is 1.25. The zero-order valence-corrected chi connectivity index (χ0v) is 26.8. The molecule has 1 aliphatic rings. The summed E-state index contributed by atoms with van der Waals surface area (Å²) >= 11 is 0. The normalized spacial score (nSPS) is 16.9. The first-order valence-corrected chi connectivity index (χ1v) is 16.5. The van der Waals surface area contributed by atoms with Crippen molar-refractivity contribution >= 4 is 6.08 Å². The molecule has 1 fully saturated rings. The summed E-state index contributed by atoms with van der Waals surface area (Å²) in [6.45, 7) is 4.11. The summed E-state index contributed by atoms with van der Waals surface area (Å²) in [5.41, 5.74) is 0.928. The number of unbranched alkanes of at least 4 members (excludes halogenated alkanes) is 2. The van der Waals surface area contributed by atoms with Crippen LogP contribution in [0, 0.1) is 29.2 Å². The molecule has 0 atom stereocenters. The van der Waals surface area contributed by atoms with Crippen molar-refractivity contribution in [1.29, 1.82) is 0 Å². The van der Waals surface area contributed by atoms with E-state index in [2.05, 4.69) is 6.92 Å². The van der Waals surface area contributed by atoms with Crippen LogP contribution in [0.1, 0.15) is 94.2 Å². The van der Waals surface area contributed by atoms with Gasteiger partial charge in [-0.3, -0.25) is 0 Å². The molecular formula is C40H40F6O. The summed E-state index contributed by atoms with van der Waals surface area (Å²) in [5, 5.41) is 0. The summed E-state index contributed by atoms with van der Waals surface area (Å²) in [6, 6.07) is 16.3. The van der Waals surface area contributed by atoms with Crippen LogP contribution in [0.5, 0.6) is 5.75 Å². The number of hydrogen-bond acceptors (Lipinski definition) is 1. The van der Waals surface area contributed by atoms with Crippen molar-refractivity contribution in [3.05, 3.63) is 119 Å². The molecule has 1 saturated carbocycles. The first-order chi connectivity index (χ1) is 22.6. The van der Waals surface area contributed by atoms with E-state index in [1.54, 1.807) is 24.3 Å². The van der Waals surface area contributed by atoms with Gasteiger partial charge in [-0.2, -0.15) is 8.78 Å². The van der Waals surface area contributed by atoms with Crippen molar-refractivity contribution < 1.29 is 31.1 Å². The highest BCUT2D eigenvalue weighted by Crippen LogP contribution is 2.41. The number of hydrogen-bond donors (Lipinski definition) is 0. The monoisotopic (exact) mass is 650 g/mol. The lowest BCUT2D eigenvalue weighted by Gasteiger charge is -2.29. The molecule has 0 saturated heterocycles. The van der Waals surface area contributed by atoms with Crippen molar-refractivity contribution in [2.45, 2.75) is 83.7 Å². The highest BCUT2D eigenvalue weighted by molar-refractivity contribution is 5.72. The van der Waals surface area contributed by atoms with E-state index in [1.165, 1.54) is 55.3 Å². The van der Waals surface area contributed by atoms with Crippen molar-refractivity contribution in [2.24, 2.45) is 5.92 Å². The van der Waals surface area contributed by atoms with Gasteiger partial charge in [0.25, 0.3) is 0 Å². The van der Waals surface area contributed by atoms with Crippen molar-refractivity contribution in [3.63, 3.8) is 0 Å². The molecule has 47 heavy (non-hydrogen) atoms. The van der Waals surface area contributed by atoms with E-state index in [0.29, 0.717) is 33.7 Å². The topological polar surface area (TPSA) is 9.23 Å². The van der Waals surface area contributed by atoms with Gasteiger partial charge in [0.1, 0.15) is 34.6 Å². The number of allylic oxidation sites excluding steroid dienone is 1. The Labute approximate surface area is 273 Å². The van der Waals surface area contributed by atoms with Gasteiger partial charge >= 0.3 is 6.11 Å². The fraction of sp³-hybridized carbons (Fsp3) is 0.350. The van der Waals surface area contributed by atoms with Gasteiger partial charge in [-0.15, -0.1) is 0 Å². The molecule has 4 aromatic rings. The van der Waals surface area contributed by atoms with Gasteiger partial charge in [0.05, 0.1) is 0 Å². The Hall–Kier alpha value is -4.00. The molecule has 0 aromatic heterocycles. The molecule has 0 spiro atoms. The predicted octanol–water partition coefficient (Wildman–Crippen LogP) is 13.0. The molecule has 0 amide bonds. The Bertz CT molecular complexity index is 1660. The molecule has 1 aliphatic carbocycles. The fourth-order valence-corrected chi connectivity index (χ4v) is 6.49. The summed E-state index contributed by atoms with van der Waals surface area (Å²) in [6.07, 6.45) is 8.20. The van der Waals surface area contributed by atoms with E-state index in [4.69, 9.17) is 4.74 Å². The Morgan fingerprint density at radius 3 is 1.96 bits per heavy atom. The SMILES string of the molecule is CCC=Cc1ccc(-c2ccc(-c3ccc(OC(F)(F)c4c(F)cc(C5CCC(CCCCC)CC5)cc4F)cc3)cc2F)cc1F. The second-order valence-corrected chi connectivity index (χ2v) is 12.5. The van der Waals surface area contributed by atoms with Gasteiger partial charge < -0.3 is 4.74 Å². The average molecular weight is 651 g/mol. The van der Waals surface area contributed by atoms with Gasteiger partial charge in [0, 0.05) is 11.1 Å². The van der Waals surface area contributed by atoms with Gasteiger partial charge in [0.2, 0.25) is 0 Å². The largest absolute Gasteiger partial charge is 0.432 e. The molecule has 0 radical (unpaired) electrons. The standard InChI is InChI=1S/C40H40F6O/c1-3-5-7-8-26-10-12-28(13-11-26)32-24-37(43)39(38(44)25-32)40(45,46)47-33-19-16-27(17-20-33)30-18-21-34(36(42)22-30)31-15-14-29(9-6-4-2)35(41)23-31/h6,9,14-26,28H,3-5,7-8,10-13H2,1-2H3. The molecule has 5 rings (SSSR count). The smallest absolute Gasteiger partial charge is 0.429 e. The van der Waals surface area contributed by atoms with E-state index in [1.807, 2.05) is 13.0 Å². The lowest BCUT2D eigenvalue weighted by atomic mass is 9.77. The zero-order valence-electron chi connectivity index (χ0n) is 26.8. The Kier molecular flexibility index (Phi) is 11.2. The predicted molar refractivity (Wildman–Crippen MR) is 176 cm³/mol. The minimum Gasteiger partial charge on any atom is -0.429 e. The quantitative estimate of drug-likeness (QED) is 0.110. The third kappa shape index (κ3) is 8.30. The minimum absolute atomic E-state index is 0.0637. The number of halogens is 6. The molecule has 0 aliphatic heterocycles. The number of rotatable bonds is 12. The highest BCUT2D eigenvalue weighted by Gasteiger charge is 2.41. The molecule has 0 bridgehead atoms. The molecule has 0 unspecified atom stereocenters. The van der Waals surface area contributed by atoms with Gasteiger partial charge in [-0.25, -0.2) is 17.6 Å². The second-order valence-electron chi connectivity index (χ2n) is 12.5. The lowest BCUT2D eigenvalue weighted by Crippen LogP contribution is -2.25. The molecule has 0 heterocycles. The number of ether oxygens (including phenoxy) is 1. The molecular weight excluding hydrogens is 610 g/mol. The van der Waals surface area contributed by atoms with Gasteiger partial charge in [-0.05, 0) is 103 Å². The van der Waals surface area contributed by atoms with E-state index in [0.717, 1.165) is 57.1 Å². The molecule has 7 heteroatoms. The minimum atomic E-state index is -4.27. The van der Waals surface area contributed by atoms with E-state index >= 15 is 22.0 Å². The number of alkyl halides is 2. The molecule has 4 aromatic carbocycles. The summed E-state index contributed by atoms with van der Waals surface area (Å²) < 4.78 is 94.8. The van der Waals surface area contributed by atoms with Crippen molar-refractivity contribution in [1.82, 2.24) is 0 Å². The fourth-order valence-electron chi connectivity index (χ4n) is 6.49. The average Bonchev–Trinajstić information content (AvgIpc) is 3.04. The number of benzene rings is 4. The van der Waals surface area contributed by atoms with Crippen LogP contribution in [-0.4, -0.2) is 0 Å². The first-order valence-electron chi connectivity index (χ1n) is 16.5. The van der Waals surface area contributed by atoms with Crippen LogP contribution in [0.4, 0.5) is 26.3 Å². The maximum atomic E-state index is 15.2.